The molecule has 3 aliphatic heterocycles. The van der Waals surface area contributed by atoms with Crippen molar-refractivity contribution in [2.45, 2.75) is 225 Å². The van der Waals surface area contributed by atoms with Gasteiger partial charge in [0.1, 0.15) is 30.0 Å². The molecule has 0 spiro atoms. The molecule has 18 atom stereocenters. The SMILES string of the molecule is CC[C@@H]1OC(=O)[C@H](C)[C@@H](O[C@H]2C[C@@](C)(OC)[C@@H](OC(C)=O)[C@H](C)O2)[C@H](C)[C@@H](O[C@@H]2O[C@H](C)C[C@H](N(C)C)[C@H]2O)C(C)(O)C[C@@H](C)/C(=N\OCCC2CCCCC2)[C@@H](C)[C@@H](O)[C@]1(C)O. The Hall–Kier alpha value is -1.99. The lowest BCUT2D eigenvalue weighted by Crippen LogP contribution is -2.61. The van der Waals surface area contributed by atoms with Gasteiger partial charge in [-0.05, 0) is 87.2 Å². The van der Waals surface area contributed by atoms with Gasteiger partial charge in [-0.25, -0.2) is 0 Å². The van der Waals surface area contributed by atoms with Gasteiger partial charge in [0.05, 0.1) is 47.8 Å². The van der Waals surface area contributed by atoms with Crippen LogP contribution in [0.15, 0.2) is 5.16 Å². The summed E-state index contributed by atoms with van der Waals surface area (Å²) >= 11 is 0. The number of ether oxygens (including phenoxy) is 7. The van der Waals surface area contributed by atoms with Crippen molar-refractivity contribution in [1.29, 1.82) is 0 Å². The molecule has 63 heavy (non-hydrogen) atoms. The first-order chi connectivity index (χ1) is 29.4. The second kappa shape index (κ2) is 22.7. The molecule has 4 fully saturated rings. The van der Waals surface area contributed by atoms with Gasteiger partial charge in [-0.15, -0.1) is 0 Å². The number of hydrogen-bond donors (Lipinski definition) is 4. The van der Waals surface area contributed by atoms with Crippen LogP contribution in [-0.4, -0.2) is 155 Å². The third-order valence-corrected chi connectivity index (χ3v) is 14.6. The van der Waals surface area contributed by atoms with E-state index in [9.17, 15) is 30.0 Å². The Bertz CT molecular complexity index is 1490. The highest BCUT2D eigenvalue weighted by atomic mass is 16.7. The van der Waals surface area contributed by atoms with Crippen LogP contribution in [0.4, 0.5) is 0 Å². The first kappa shape index (κ1) is 53.6. The first-order valence-corrected chi connectivity index (χ1v) is 23.6. The minimum absolute atomic E-state index is 0.0209. The third-order valence-electron chi connectivity index (χ3n) is 14.6. The highest BCUT2D eigenvalue weighted by Crippen LogP contribution is 2.41. The van der Waals surface area contributed by atoms with Crippen LogP contribution < -0.4 is 0 Å². The Kier molecular flexibility index (Phi) is 19.3. The topological polar surface area (TPSA) is 204 Å². The minimum atomic E-state index is -1.94. The van der Waals surface area contributed by atoms with E-state index in [1.54, 1.807) is 48.5 Å². The summed E-state index contributed by atoms with van der Waals surface area (Å²) in [6, 6.07) is -0.322. The van der Waals surface area contributed by atoms with Gasteiger partial charge in [0.2, 0.25) is 0 Å². The average molecular weight is 901 g/mol. The van der Waals surface area contributed by atoms with Crippen LogP contribution in [0.25, 0.3) is 0 Å². The fourth-order valence-electron chi connectivity index (χ4n) is 10.8. The van der Waals surface area contributed by atoms with Crippen molar-refractivity contribution in [3.63, 3.8) is 0 Å². The van der Waals surface area contributed by atoms with Crippen molar-refractivity contribution in [3.05, 3.63) is 0 Å². The summed E-state index contributed by atoms with van der Waals surface area (Å²) in [7, 11) is 5.27. The van der Waals surface area contributed by atoms with Crippen LogP contribution in [0.5, 0.6) is 0 Å². The van der Waals surface area contributed by atoms with Gasteiger partial charge in [0.25, 0.3) is 0 Å². The predicted octanol–water partition coefficient (Wildman–Crippen LogP) is 5.13. The number of carbonyl (C=O) groups is 2. The van der Waals surface area contributed by atoms with E-state index in [0.29, 0.717) is 24.7 Å². The highest BCUT2D eigenvalue weighted by molar-refractivity contribution is 5.88. The largest absolute Gasteiger partial charge is 0.459 e. The maximum absolute atomic E-state index is 14.5. The van der Waals surface area contributed by atoms with E-state index < -0.39 is 108 Å². The van der Waals surface area contributed by atoms with Crippen LogP contribution >= 0.6 is 0 Å². The number of oxime groups is 1. The van der Waals surface area contributed by atoms with Gasteiger partial charge >= 0.3 is 11.9 Å². The molecule has 0 bridgehead atoms. The zero-order chi connectivity index (χ0) is 47.2. The average Bonchev–Trinajstić information content (AvgIpc) is 3.21. The fraction of sp³-hybridized carbons (Fsp3) is 0.936. The van der Waals surface area contributed by atoms with Crippen molar-refractivity contribution in [3.8, 4) is 0 Å². The number of nitrogens with zero attached hydrogens (tertiary/aromatic N) is 2. The van der Waals surface area contributed by atoms with Crippen LogP contribution in [0, 0.1) is 29.6 Å². The Morgan fingerprint density at radius 2 is 1.57 bits per heavy atom. The summed E-state index contributed by atoms with van der Waals surface area (Å²) in [5.41, 5.74) is -4.31. The van der Waals surface area contributed by atoms with E-state index >= 15 is 0 Å². The summed E-state index contributed by atoms with van der Waals surface area (Å²) in [4.78, 5) is 34.6. The molecule has 0 aromatic heterocycles. The molecule has 0 radical (unpaired) electrons. The number of carbonyl (C=O) groups excluding carboxylic acids is 2. The molecule has 3 saturated heterocycles. The quantitative estimate of drug-likeness (QED) is 0.114. The van der Waals surface area contributed by atoms with Crippen LogP contribution in [0.3, 0.4) is 0 Å². The van der Waals surface area contributed by atoms with Crippen molar-refractivity contribution in [2.24, 2.45) is 34.7 Å². The van der Waals surface area contributed by atoms with Crippen molar-refractivity contribution >= 4 is 17.7 Å². The lowest BCUT2D eigenvalue weighted by Gasteiger charge is -2.49. The van der Waals surface area contributed by atoms with Gasteiger partial charge in [-0.2, -0.15) is 0 Å². The molecular weight excluding hydrogens is 817 g/mol. The smallest absolute Gasteiger partial charge is 0.311 e. The summed E-state index contributed by atoms with van der Waals surface area (Å²) in [5, 5.41) is 53.5. The normalized spacial score (nSPS) is 44.8. The number of cyclic esters (lactones) is 1. The highest BCUT2D eigenvalue weighted by Gasteiger charge is 2.54. The monoisotopic (exact) mass is 901 g/mol. The van der Waals surface area contributed by atoms with Gasteiger partial charge in [-0.3, -0.25) is 9.59 Å². The number of likely N-dealkylation sites (N-methyl/N-ethyl adjacent to an activating group) is 1. The molecule has 1 unspecified atom stereocenters. The van der Waals surface area contributed by atoms with Crippen LogP contribution in [-0.2, 0) is 47.6 Å². The molecule has 1 saturated carbocycles. The summed E-state index contributed by atoms with van der Waals surface area (Å²) in [6.07, 6.45) is -2.31. The Morgan fingerprint density at radius 3 is 2.16 bits per heavy atom. The third kappa shape index (κ3) is 13.1. The molecule has 0 aromatic rings. The first-order valence-electron chi connectivity index (χ1n) is 23.6. The van der Waals surface area contributed by atoms with Gasteiger partial charge in [0, 0.05) is 44.2 Å². The molecule has 366 valence electrons. The number of aliphatic hydroxyl groups excluding tert-OH is 2. The summed E-state index contributed by atoms with van der Waals surface area (Å²) < 4.78 is 44.1. The molecule has 16 nitrogen and oxygen atoms in total. The van der Waals surface area contributed by atoms with E-state index in [4.69, 9.17) is 38.0 Å². The Balaban J connectivity index is 1.83. The second-order valence-corrected chi connectivity index (χ2v) is 20.3. The summed E-state index contributed by atoms with van der Waals surface area (Å²) in [5.74, 6) is -3.93. The van der Waals surface area contributed by atoms with Crippen LogP contribution in [0.1, 0.15) is 140 Å². The number of hydrogen-bond acceptors (Lipinski definition) is 16. The van der Waals surface area contributed by atoms with Crippen LogP contribution in [0.2, 0.25) is 0 Å². The molecule has 0 amide bonds. The van der Waals surface area contributed by atoms with Crippen molar-refractivity contribution in [2.75, 3.05) is 27.8 Å². The van der Waals surface area contributed by atoms with Gasteiger partial charge < -0.3 is 63.3 Å². The summed E-state index contributed by atoms with van der Waals surface area (Å²) in [6.45, 7) is 19.1. The Labute approximate surface area is 377 Å². The lowest BCUT2D eigenvalue weighted by molar-refractivity contribution is -0.318. The molecular formula is C47H84N2O14. The molecule has 4 N–H and O–H groups in total. The molecule has 0 aromatic carbocycles. The van der Waals surface area contributed by atoms with Crippen molar-refractivity contribution in [1.82, 2.24) is 4.90 Å². The van der Waals surface area contributed by atoms with E-state index in [-0.39, 0.29) is 31.4 Å². The molecule has 4 aliphatic rings. The number of methoxy groups -OCH3 is 1. The second-order valence-electron chi connectivity index (χ2n) is 20.3. The van der Waals surface area contributed by atoms with E-state index in [1.807, 2.05) is 32.8 Å². The van der Waals surface area contributed by atoms with Gasteiger partial charge in [-0.1, -0.05) is 65.0 Å². The number of rotatable bonds is 12. The molecule has 1 aliphatic carbocycles. The molecule has 16 heteroatoms. The zero-order valence-electron chi connectivity index (χ0n) is 40.8. The van der Waals surface area contributed by atoms with E-state index in [0.717, 1.165) is 19.3 Å². The predicted molar refractivity (Wildman–Crippen MR) is 235 cm³/mol. The number of esters is 2. The minimum Gasteiger partial charge on any atom is -0.459 e. The molecule has 3 heterocycles. The fourth-order valence-corrected chi connectivity index (χ4v) is 10.8. The maximum Gasteiger partial charge on any atom is 0.311 e. The lowest BCUT2D eigenvalue weighted by atomic mass is 9.73. The zero-order valence-corrected chi connectivity index (χ0v) is 40.8. The van der Waals surface area contributed by atoms with Crippen molar-refractivity contribution < 1.29 is 68.0 Å². The number of aliphatic hydroxyl groups is 4. The molecule has 4 rings (SSSR count). The van der Waals surface area contributed by atoms with Gasteiger partial charge in [0.15, 0.2) is 18.7 Å². The van der Waals surface area contributed by atoms with E-state index in [2.05, 4.69) is 5.16 Å². The van der Waals surface area contributed by atoms with E-state index in [1.165, 1.54) is 40.2 Å². The maximum atomic E-state index is 14.5. The standard InChI is InChI=1S/C47H84N2O14/c1-15-35-47(11,55)40(52)28(4)37(48-57-22-21-33-19-17-16-18-20-33)26(2)24-45(9,54)41(63-44-38(51)34(49(12)13)23-27(3)58-44)29(5)39(30(6)43(53)61-35)62-36-25-46(10,56-14)42(31(7)59-36)60-32(8)50/h26-31,33-36,38-42,44,51-52,54-55H,15-25H2,1-14H3/b48-37+/t26-,27-,28-,29+,30-,31+,34+,35+,36+,38-,39+,40-,41-,42+,44+,45?,46-,47-/m1/s1. The Morgan fingerprint density at radius 1 is 0.921 bits per heavy atom.